The van der Waals surface area contributed by atoms with Crippen LogP contribution in [0.1, 0.15) is 61.7 Å². The lowest BCUT2D eigenvalue weighted by molar-refractivity contribution is 0.182. The second-order valence-electron chi connectivity index (χ2n) is 8.00. The van der Waals surface area contributed by atoms with E-state index in [2.05, 4.69) is 53.0 Å². The van der Waals surface area contributed by atoms with E-state index in [-0.39, 0.29) is 0 Å². The number of likely N-dealkylation sites (tertiary alicyclic amines) is 1. The summed E-state index contributed by atoms with van der Waals surface area (Å²) in [5, 5.41) is 4.27. The van der Waals surface area contributed by atoms with Crippen molar-refractivity contribution in [1.29, 1.82) is 0 Å². The van der Waals surface area contributed by atoms with Gasteiger partial charge in [-0.3, -0.25) is 10.3 Å². The van der Waals surface area contributed by atoms with E-state index in [4.69, 9.17) is 9.26 Å². The van der Waals surface area contributed by atoms with Gasteiger partial charge in [0.15, 0.2) is 5.76 Å². The molecule has 0 spiro atoms. The molecule has 146 valence electrons. The summed E-state index contributed by atoms with van der Waals surface area (Å²) in [5.74, 6) is 2.83. The first-order valence-corrected chi connectivity index (χ1v) is 9.98. The molecule has 1 aromatic carbocycles. The summed E-state index contributed by atoms with van der Waals surface area (Å²) in [6.07, 6.45) is 2.36. The van der Waals surface area contributed by atoms with Gasteiger partial charge in [0, 0.05) is 25.1 Å². The van der Waals surface area contributed by atoms with Crippen LogP contribution in [0, 0.1) is 5.92 Å². The molecule has 2 N–H and O–H groups in total. The predicted octanol–water partition coefficient (Wildman–Crippen LogP) is 3.41. The third-order valence-corrected chi connectivity index (χ3v) is 5.87. The fourth-order valence-corrected chi connectivity index (χ4v) is 4.27. The summed E-state index contributed by atoms with van der Waals surface area (Å²) in [6.45, 7) is 7.44. The van der Waals surface area contributed by atoms with Gasteiger partial charge in [0.1, 0.15) is 5.75 Å². The summed E-state index contributed by atoms with van der Waals surface area (Å²) in [6, 6.07) is 11.2. The zero-order chi connectivity index (χ0) is 18.8. The summed E-state index contributed by atoms with van der Waals surface area (Å²) in [4.78, 5) is 2.57. The molecule has 2 saturated heterocycles. The Morgan fingerprint density at radius 1 is 1.30 bits per heavy atom. The summed E-state index contributed by atoms with van der Waals surface area (Å²) < 4.78 is 11.0. The Morgan fingerprint density at radius 3 is 2.81 bits per heavy atom. The van der Waals surface area contributed by atoms with Gasteiger partial charge in [-0.25, -0.2) is 5.43 Å². The van der Waals surface area contributed by atoms with Crippen LogP contribution < -0.4 is 15.6 Å². The quantitative estimate of drug-likeness (QED) is 0.813. The Kier molecular flexibility index (Phi) is 5.48. The van der Waals surface area contributed by atoms with Gasteiger partial charge in [0.25, 0.3) is 0 Å². The van der Waals surface area contributed by atoms with Crippen LogP contribution in [0.3, 0.4) is 0 Å². The second kappa shape index (κ2) is 8.00. The zero-order valence-corrected chi connectivity index (χ0v) is 16.4. The molecular formula is C21H30N4O2. The van der Waals surface area contributed by atoms with Gasteiger partial charge in [-0.05, 0) is 43.0 Å². The minimum absolute atomic E-state index is 0.304. The lowest BCUT2D eigenvalue weighted by Gasteiger charge is -2.28. The lowest BCUT2D eigenvalue weighted by atomic mass is 9.94. The number of ether oxygens (including phenoxy) is 1. The van der Waals surface area contributed by atoms with Crippen LogP contribution in [-0.4, -0.2) is 36.8 Å². The van der Waals surface area contributed by atoms with Gasteiger partial charge in [0.2, 0.25) is 0 Å². The first kappa shape index (κ1) is 18.5. The number of hydrogen-bond acceptors (Lipinski definition) is 6. The van der Waals surface area contributed by atoms with Crippen molar-refractivity contribution in [2.75, 3.05) is 26.7 Å². The second-order valence-corrected chi connectivity index (χ2v) is 8.00. The Balaban J connectivity index is 1.46. The predicted molar refractivity (Wildman–Crippen MR) is 105 cm³/mol. The number of hydrogen-bond donors (Lipinski definition) is 2. The zero-order valence-electron chi connectivity index (χ0n) is 16.4. The van der Waals surface area contributed by atoms with E-state index in [1.165, 1.54) is 12.0 Å². The van der Waals surface area contributed by atoms with E-state index in [1.807, 2.05) is 12.1 Å². The van der Waals surface area contributed by atoms with E-state index >= 15 is 0 Å². The molecule has 3 unspecified atom stereocenters. The van der Waals surface area contributed by atoms with Crippen LogP contribution in [-0.2, 0) is 0 Å². The number of hydrazine groups is 1. The van der Waals surface area contributed by atoms with E-state index < -0.39 is 0 Å². The van der Waals surface area contributed by atoms with Gasteiger partial charge in [-0.1, -0.05) is 31.1 Å². The standard InChI is InChI=1S/C21H30N4O2/c1-14(2)18-11-20(27-24-18)19-5-4-10-25(19)13-16-12-22-23-21(16)15-6-8-17(26-3)9-7-15/h6-9,11,14,16,19,21-23H,4-5,10,12-13H2,1-3H3. The molecule has 2 aliphatic rings. The maximum Gasteiger partial charge on any atom is 0.154 e. The number of methoxy groups -OCH3 is 1. The Hall–Kier alpha value is -1.89. The molecule has 27 heavy (non-hydrogen) atoms. The molecule has 2 fully saturated rings. The Morgan fingerprint density at radius 2 is 2.11 bits per heavy atom. The summed E-state index contributed by atoms with van der Waals surface area (Å²) in [7, 11) is 1.70. The molecule has 0 radical (unpaired) electrons. The highest BCUT2D eigenvalue weighted by Crippen LogP contribution is 2.36. The van der Waals surface area contributed by atoms with Crippen LogP contribution in [0.2, 0.25) is 0 Å². The first-order chi connectivity index (χ1) is 13.2. The smallest absolute Gasteiger partial charge is 0.154 e. The number of nitrogens with one attached hydrogen (secondary N) is 2. The minimum atomic E-state index is 0.304. The summed E-state index contributed by atoms with van der Waals surface area (Å²) in [5.41, 5.74) is 9.16. The monoisotopic (exact) mass is 370 g/mol. The fourth-order valence-electron chi connectivity index (χ4n) is 4.27. The van der Waals surface area contributed by atoms with E-state index in [1.54, 1.807) is 7.11 Å². The average molecular weight is 370 g/mol. The van der Waals surface area contributed by atoms with Crippen molar-refractivity contribution in [2.45, 2.75) is 44.7 Å². The van der Waals surface area contributed by atoms with Gasteiger partial charge < -0.3 is 9.26 Å². The average Bonchev–Trinajstić information content (AvgIpc) is 3.42. The van der Waals surface area contributed by atoms with Crippen molar-refractivity contribution in [3.63, 3.8) is 0 Å². The first-order valence-electron chi connectivity index (χ1n) is 9.98. The van der Waals surface area contributed by atoms with Crippen LogP contribution in [0.15, 0.2) is 34.9 Å². The molecule has 4 rings (SSSR count). The largest absolute Gasteiger partial charge is 0.497 e. The molecule has 0 saturated carbocycles. The highest BCUT2D eigenvalue weighted by molar-refractivity contribution is 5.30. The molecule has 0 bridgehead atoms. The molecule has 0 amide bonds. The van der Waals surface area contributed by atoms with Gasteiger partial charge in [-0.15, -0.1) is 0 Å². The molecule has 6 nitrogen and oxygen atoms in total. The van der Waals surface area contributed by atoms with Crippen molar-refractivity contribution in [1.82, 2.24) is 20.9 Å². The third kappa shape index (κ3) is 3.88. The number of nitrogens with zero attached hydrogens (tertiary/aromatic N) is 2. The third-order valence-electron chi connectivity index (χ3n) is 5.87. The van der Waals surface area contributed by atoms with Crippen LogP contribution in [0.5, 0.6) is 5.75 Å². The maximum atomic E-state index is 5.70. The van der Waals surface area contributed by atoms with Crippen LogP contribution >= 0.6 is 0 Å². The molecule has 2 aromatic rings. The molecule has 0 aliphatic carbocycles. The van der Waals surface area contributed by atoms with Crippen molar-refractivity contribution in [3.05, 3.63) is 47.3 Å². The number of aromatic nitrogens is 1. The van der Waals surface area contributed by atoms with Crippen molar-refractivity contribution < 1.29 is 9.26 Å². The van der Waals surface area contributed by atoms with E-state index in [0.29, 0.717) is 23.9 Å². The fraction of sp³-hybridized carbons (Fsp3) is 0.571. The topological polar surface area (TPSA) is 62.6 Å². The highest BCUT2D eigenvalue weighted by atomic mass is 16.5. The molecule has 3 heterocycles. The van der Waals surface area contributed by atoms with Gasteiger partial charge in [-0.2, -0.15) is 0 Å². The summed E-state index contributed by atoms with van der Waals surface area (Å²) >= 11 is 0. The molecule has 2 aliphatic heterocycles. The lowest BCUT2D eigenvalue weighted by Crippen LogP contribution is -2.32. The van der Waals surface area contributed by atoms with Crippen LogP contribution in [0.4, 0.5) is 0 Å². The number of rotatable bonds is 6. The van der Waals surface area contributed by atoms with Crippen molar-refractivity contribution in [3.8, 4) is 5.75 Å². The maximum absolute atomic E-state index is 5.70. The highest BCUT2D eigenvalue weighted by Gasteiger charge is 2.35. The molecule has 3 atom stereocenters. The van der Waals surface area contributed by atoms with Crippen LogP contribution in [0.25, 0.3) is 0 Å². The minimum Gasteiger partial charge on any atom is -0.497 e. The van der Waals surface area contributed by atoms with Gasteiger partial charge >= 0.3 is 0 Å². The molecular weight excluding hydrogens is 340 g/mol. The Bertz CT molecular complexity index is 743. The van der Waals surface area contributed by atoms with Gasteiger partial charge in [0.05, 0.1) is 24.9 Å². The Labute approximate surface area is 161 Å². The molecule has 6 heteroatoms. The van der Waals surface area contributed by atoms with E-state index in [9.17, 15) is 0 Å². The molecule has 1 aromatic heterocycles. The normalized spacial score (nSPS) is 26.1. The van der Waals surface area contributed by atoms with E-state index in [0.717, 1.165) is 43.3 Å². The SMILES string of the molecule is COc1ccc(C2NNCC2CN2CCCC2c2cc(C(C)C)no2)cc1. The van der Waals surface area contributed by atoms with Crippen molar-refractivity contribution in [2.24, 2.45) is 5.92 Å². The number of benzene rings is 1. The van der Waals surface area contributed by atoms with Crippen molar-refractivity contribution >= 4 is 0 Å².